The Morgan fingerprint density at radius 3 is 3.27 bits per heavy atom. The van der Waals surface area contributed by atoms with Crippen molar-refractivity contribution in [3.05, 3.63) is 12.5 Å². The average molecular weight is 228 g/mol. The molecule has 2 rings (SSSR count). The number of hydrogen-bond acceptors (Lipinski definition) is 4. The number of methoxy groups -OCH3 is 1. The monoisotopic (exact) mass is 227 g/mol. The number of hydrogen-bond donors (Lipinski definition) is 0. The van der Waals surface area contributed by atoms with Gasteiger partial charge >= 0.3 is 0 Å². The van der Waals surface area contributed by atoms with Crippen molar-refractivity contribution in [2.45, 2.75) is 18.9 Å². The summed E-state index contributed by atoms with van der Waals surface area (Å²) in [4.78, 5) is 10.4. The lowest BCUT2D eigenvalue weighted by Crippen LogP contribution is -2.31. The maximum absolute atomic E-state index is 5.92. The first-order valence-corrected chi connectivity index (χ1v) is 5.57. The molecule has 4 nitrogen and oxygen atoms in total. The van der Waals surface area contributed by atoms with Crippen LogP contribution in [0.3, 0.4) is 0 Å². The molecule has 0 N–H and O–H groups in total. The Kier molecular flexibility index (Phi) is 3.26. The van der Waals surface area contributed by atoms with Crippen molar-refractivity contribution in [1.82, 2.24) is 9.97 Å². The molecule has 2 heterocycles. The molecular formula is C10H14ClN3O. The lowest BCUT2D eigenvalue weighted by atomic mass is 10.2. The number of anilines is 1. The highest BCUT2D eigenvalue weighted by Crippen LogP contribution is 2.30. The van der Waals surface area contributed by atoms with Crippen LogP contribution < -0.4 is 9.64 Å². The number of rotatable bonds is 3. The molecule has 5 heteroatoms. The molecule has 0 amide bonds. The molecule has 0 saturated carbocycles. The highest BCUT2D eigenvalue weighted by molar-refractivity contribution is 6.18. The highest BCUT2D eigenvalue weighted by Gasteiger charge is 2.26. The largest absolute Gasteiger partial charge is 0.491 e. The van der Waals surface area contributed by atoms with Gasteiger partial charge in [-0.25, -0.2) is 9.97 Å². The fraction of sp³-hybridized carbons (Fsp3) is 0.600. The minimum absolute atomic E-state index is 0.371. The van der Waals surface area contributed by atoms with E-state index in [2.05, 4.69) is 14.9 Å². The van der Waals surface area contributed by atoms with E-state index in [1.165, 1.54) is 0 Å². The number of nitrogens with zero attached hydrogens (tertiary/aromatic N) is 3. The Balaban J connectivity index is 2.27. The van der Waals surface area contributed by atoms with Gasteiger partial charge in [-0.1, -0.05) is 0 Å². The Morgan fingerprint density at radius 2 is 2.53 bits per heavy atom. The zero-order chi connectivity index (χ0) is 10.7. The van der Waals surface area contributed by atoms with E-state index in [0.29, 0.717) is 11.9 Å². The SMILES string of the molecule is COc1cncnc1N1CCCC1CCl. The third kappa shape index (κ3) is 2.00. The van der Waals surface area contributed by atoms with Crippen molar-refractivity contribution in [1.29, 1.82) is 0 Å². The van der Waals surface area contributed by atoms with Crippen LogP contribution in [0.1, 0.15) is 12.8 Å². The molecule has 0 spiro atoms. The molecule has 1 fully saturated rings. The van der Waals surface area contributed by atoms with Gasteiger partial charge in [-0.15, -0.1) is 11.6 Å². The molecule has 1 atom stereocenters. The number of alkyl halides is 1. The highest BCUT2D eigenvalue weighted by atomic mass is 35.5. The van der Waals surface area contributed by atoms with Gasteiger partial charge in [0.2, 0.25) is 0 Å². The molecular weight excluding hydrogens is 214 g/mol. The molecule has 1 aliphatic heterocycles. The number of aromatic nitrogens is 2. The predicted octanol–water partition coefficient (Wildman–Crippen LogP) is 1.69. The van der Waals surface area contributed by atoms with E-state index in [4.69, 9.17) is 16.3 Å². The van der Waals surface area contributed by atoms with Crippen LogP contribution in [0.4, 0.5) is 5.82 Å². The standard InChI is InChI=1S/C10H14ClN3O/c1-15-9-6-12-7-13-10(9)14-4-2-3-8(14)5-11/h6-8H,2-5H2,1H3. The zero-order valence-corrected chi connectivity index (χ0v) is 9.44. The van der Waals surface area contributed by atoms with Crippen molar-refractivity contribution < 1.29 is 4.74 Å². The summed E-state index contributed by atoms with van der Waals surface area (Å²) >= 11 is 5.92. The summed E-state index contributed by atoms with van der Waals surface area (Å²) in [5.41, 5.74) is 0. The second-order valence-electron chi connectivity index (χ2n) is 3.56. The molecule has 1 aromatic heterocycles. The summed E-state index contributed by atoms with van der Waals surface area (Å²) in [7, 11) is 1.63. The molecule has 0 aromatic carbocycles. The van der Waals surface area contributed by atoms with E-state index < -0.39 is 0 Å². The first-order chi connectivity index (χ1) is 7.36. The Bertz CT molecular complexity index is 334. The Labute approximate surface area is 94.2 Å². The molecule has 1 saturated heterocycles. The fourth-order valence-electron chi connectivity index (χ4n) is 1.95. The summed E-state index contributed by atoms with van der Waals surface area (Å²) in [6.07, 6.45) is 5.51. The third-order valence-electron chi connectivity index (χ3n) is 2.71. The van der Waals surface area contributed by atoms with Crippen molar-refractivity contribution >= 4 is 17.4 Å². The predicted molar refractivity (Wildman–Crippen MR) is 59.7 cm³/mol. The van der Waals surface area contributed by atoms with E-state index in [-0.39, 0.29) is 0 Å². The van der Waals surface area contributed by atoms with Crippen LogP contribution in [0.5, 0.6) is 5.75 Å². The molecule has 0 aliphatic carbocycles. The van der Waals surface area contributed by atoms with Gasteiger partial charge in [-0.2, -0.15) is 0 Å². The zero-order valence-electron chi connectivity index (χ0n) is 8.69. The molecule has 1 unspecified atom stereocenters. The molecule has 82 valence electrons. The molecule has 1 aliphatic rings. The van der Waals surface area contributed by atoms with Gasteiger partial charge in [0.15, 0.2) is 11.6 Å². The van der Waals surface area contributed by atoms with E-state index in [0.717, 1.165) is 31.0 Å². The van der Waals surface area contributed by atoms with Gasteiger partial charge in [-0.05, 0) is 12.8 Å². The van der Waals surface area contributed by atoms with Gasteiger partial charge in [0.1, 0.15) is 6.33 Å². The fourth-order valence-corrected chi connectivity index (χ4v) is 2.27. The minimum Gasteiger partial charge on any atom is -0.491 e. The summed E-state index contributed by atoms with van der Waals surface area (Å²) in [5.74, 6) is 2.21. The van der Waals surface area contributed by atoms with Crippen molar-refractivity contribution in [3.63, 3.8) is 0 Å². The van der Waals surface area contributed by atoms with E-state index in [9.17, 15) is 0 Å². The second-order valence-corrected chi connectivity index (χ2v) is 3.87. The second kappa shape index (κ2) is 4.66. The Hall–Kier alpha value is -1.03. The van der Waals surface area contributed by atoms with Crippen molar-refractivity contribution in [3.8, 4) is 5.75 Å². The normalized spacial score (nSPS) is 20.7. The third-order valence-corrected chi connectivity index (χ3v) is 3.06. The van der Waals surface area contributed by atoms with Gasteiger partial charge in [0.05, 0.1) is 13.3 Å². The van der Waals surface area contributed by atoms with Gasteiger partial charge < -0.3 is 9.64 Å². The smallest absolute Gasteiger partial charge is 0.179 e. The van der Waals surface area contributed by atoms with Crippen LogP contribution in [-0.2, 0) is 0 Å². The maximum Gasteiger partial charge on any atom is 0.179 e. The summed E-state index contributed by atoms with van der Waals surface area (Å²) in [6.45, 7) is 0.991. The van der Waals surface area contributed by atoms with Crippen LogP contribution in [0.2, 0.25) is 0 Å². The lowest BCUT2D eigenvalue weighted by molar-refractivity contribution is 0.410. The molecule has 1 aromatic rings. The minimum atomic E-state index is 0.371. The van der Waals surface area contributed by atoms with Crippen molar-refractivity contribution in [2.75, 3.05) is 24.4 Å². The first-order valence-electron chi connectivity index (χ1n) is 5.03. The van der Waals surface area contributed by atoms with Crippen LogP contribution in [-0.4, -0.2) is 35.5 Å². The van der Waals surface area contributed by atoms with Crippen LogP contribution in [0.15, 0.2) is 12.5 Å². The summed E-state index contributed by atoms with van der Waals surface area (Å²) < 4.78 is 5.24. The van der Waals surface area contributed by atoms with Gasteiger partial charge in [-0.3, -0.25) is 0 Å². The first kappa shape index (κ1) is 10.5. The molecule has 15 heavy (non-hydrogen) atoms. The van der Waals surface area contributed by atoms with Gasteiger partial charge in [0.25, 0.3) is 0 Å². The van der Waals surface area contributed by atoms with E-state index >= 15 is 0 Å². The molecule has 0 bridgehead atoms. The van der Waals surface area contributed by atoms with Crippen LogP contribution in [0, 0.1) is 0 Å². The van der Waals surface area contributed by atoms with E-state index in [1.807, 2.05) is 0 Å². The quantitative estimate of drug-likeness (QED) is 0.737. The van der Waals surface area contributed by atoms with Crippen LogP contribution >= 0.6 is 11.6 Å². The lowest BCUT2D eigenvalue weighted by Gasteiger charge is -2.24. The van der Waals surface area contributed by atoms with Crippen LogP contribution in [0.25, 0.3) is 0 Å². The Morgan fingerprint density at radius 1 is 1.67 bits per heavy atom. The summed E-state index contributed by atoms with van der Waals surface area (Å²) in [6, 6.07) is 0.371. The average Bonchev–Trinajstić information content (AvgIpc) is 2.76. The number of halogens is 1. The topological polar surface area (TPSA) is 38.3 Å². The maximum atomic E-state index is 5.92. The summed E-state index contributed by atoms with van der Waals surface area (Å²) in [5, 5.41) is 0. The van der Waals surface area contributed by atoms with E-state index in [1.54, 1.807) is 19.6 Å². The number of ether oxygens (including phenoxy) is 1. The van der Waals surface area contributed by atoms with Crippen molar-refractivity contribution in [2.24, 2.45) is 0 Å². The molecule has 0 radical (unpaired) electrons. The van der Waals surface area contributed by atoms with Gasteiger partial charge in [0, 0.05) is 18.5 Å².